The van der Waals surface area contributed by atoms with Gasteiger partial charge in [0.05, 0.1) is 25.4 Å². The molecule has 8 atom stereocenters. The second-order valence-corrected chi connectivity index (χ2v) is 21.1. The second kappa shape index (κ2) is 45.9. The van der Waals surface area contributed by atoms with Crippen LogP contribution in [-0.4, -0.2) is 107 Å². The van der Waals surface area contributed by atoms with Gasteiger partial charge in [0.2, 0.25) is 5.91 Å². The van der Waals surface area contributed by atoms with Crippen LogP contribution in [0, 0.1) is 0 Å². The van der Waals surface area contributed by atoms with Crippen LogP contribution in [-0.2, 0) is 28.9 Å². The fourth-order valence-corrected chi connectivity index (χ4v) is 9.53. The summed E-state index contributed by atoms with van der Waals surface area (Å²) in [6.45, 7) is 3.24. The molecule has 1 amide bonds. The Morgan fingerprint density at radius 1 is 0.571 bits per heavy atom. The number of unbranched alkanes of at least 4 members (excludes halogenated alkanes) is 32. The van der Waals surface area contributed by atoms with Crippen LogP contribution >= 0.6 is 0 Å². The molecule has 1 aliphatic heterocycles. The van der Waals surface area contributed by atoms with Crippen LogP contribution in [0.25, 0.3) is 0 Å². The standard InChI is InChI=1S/C56H105NO12S/c1-3-5-7-9-11-13-15-17-19-21-23-25-27-28-30-32-34-36-38-40-42-44-49(59)48(47-67-56-53(62)54(69-70(64,65)66)52(61)51(46-58)68-56)57-55(63)50(60)45-43-41-39-37-35-33-31-29-26-24-22-20-18-16-14-12-10-8-6-4-2/h27-28,34,36,42,44,48-54,56,58-62H,3-26,29-33,35,37-41,43,45-47H2,1-2H3,(H,57,63)(H,64,65,66)/b28-27+,36-34+,44-42+. The summed E-state index contributed by atoms with van der Waals surface area (Å²) in [7, 11) is -5.13. The monoisotopic (exact) mass is 1020 g/mol. The number of ether oxygens (including phenoxy) is 2. The normalized spacial score (nSPS) is 20.3. The van der Waals surface area contributed by atoms with Crippen molar-refractivity contribution in [2.24, 2.45) is 0 Å². The summed E-state index contributed by atoms with van der Waals surface area (Å²) in [6.07, 6.45) is 45.1. The Bertz CT molecular complexity index is 1400. The van der Waals surface area contributed by atoms with Gasteiger partial charge in [-0.3, -0.25) is 9.35 Å². The van der Waals surface area contributed by atoms with Crippen LogP contribution in [0.1, 0.15) is 251 Å². The van der Waals surface area contributed by atoms with E-state index in [-0.39, 0.29) is 6.42 Å². The Hall–Kier alpha value is -1.72. The molecule has 0 aliphatic carbocycles. The van der Waals surface area contributed by atoms with E-state index < -0.39 is 78.5 Å². The maximum absolute atomic E-state index is 13.2. The van der Waals surface area contributed by atoms with Crippen molar-refractivity contribution in [2.75, 3.05) is 13.2 Å². The number of allylic oxidation sites excluding steroid dienone is 5. The third-order valence-corrected chi connectivity index (χ3v) is 14.0. The van der Waals surface area contributed by atoms with Gasteiger partial charge < -0.3 is 40.3 Å². The van der Waals surface area contributed by atoms with Crippen molar-refractivity contribution in [1.29, 1.82) is 0 Å². The molecule has 0 radical (unpaired) electrons. The van der Waals surface area contributed by atoms with Crippen LogP contribution in [0.2, 0.25) is 0 Å². The zero-order chi connectivity index (χ0) is 51.3. The summed E-state index contributed by atoms with van der Waals surface area (Å²) in [5, 5.41) is 55.5. The van der Waals surface area contributed by atoms with E-state index in [1.165, 1.54) is 179 Å². The lowest BCUT2D eigenvalue weighted by Gasteiger charge is -2.41. The molecule has 1 heterocycles. The van der Waals surface area contributed by atoms with Crippen LogP contribution in [0.15, 0.2) is 36.5 Å². The van der Waals surface area contributed by atoms with Gasteiger partial charge in [0, 0.05) is 0 Å². The molecule has 1 rings (SSSR count). The molecule has 0 aromatic heterocycles. The first kappa shape index (κ1) is 66.3. The zero-order valence-electron chi connectivity index (χ0n) is 44.2. The highest BCUT2D eigenvalue weighted by atomic mass is 32.3. The van der Waals surface area contributed by atoms with E-state index in [1.54, 1.807) is 6.08 Å². The highest BCUT2D eigenvalue weighted by Crippen LogP contribution is 2.26. The molecular weight excluding hydrogens is 911 g/mol. The predicted octanol–water partition coefficient (Wildman–Crippen LogP) is 12.0. The first-order chi connectivity index (χ1) is 33.9. The van der Waals surface area contributed by atoms with E-state index in [4.69, 9.17) is 9.47 Å². The van der Waals surface area contributed by atoms with Gasteiger partial charge in [-0.25, -0.2) is 4.18 Å². The van der Waals surface area contributed by atoms with Gasteiger partial charge in [-0.15, -0.1) is 0 Å². The van der Waals surface area contributed by atoms with Crippen LogP contribution < -0.4 is 5.32 Å². The summed E-state index contributed by atoms with van der Waals surface area (Å²) >= 11 is 0. The molecule has 0 aromatic rings. The van der Waals surface area contributed by atoms with Crippen molar-refractivity contribution in [2.45, 2.75) is 300 Å². The first-order valence-electron chi connectivity index (χ1n) is 28.5. The van der Waals surface area contributed by atoms with Gasteiger partial charge in [-0.05, 0) is 44.9 Å². The van der Waals surface area contributed by atoms with Gasteiger partial charge in [0.1, 0.15) is 30.5 Å². The Morgan fingerprint density at radius 2 is 0.957 bits per heavy atom. The lowest BCUT2D eigenvalue weighted by Crippen LogP contribution is -2.61. The lowest BCUT2D eigenvalue weighted by atomic mass is 9.99. The fourth-order valence-electron chi connectivity index (χ4n) is 9.02. The van der Waals surface area contributed by atoms with Gasteiger partial charge in [0.25, 0.3) is 0 Å². The third kappa shape index (κ3) is 37.1. The number of aliphatic hydroxyl groups is 5. The van der Waals surface area contributed by atoms with Crippen molar-refractivity contribution in [1.82, 2.24) is 5.32 Å². The maximum Gasteiger partial charge on any atom is 0.397 e. The third-order valence-electron chi connectivity index (χ3n) is 13.5. The fraction of sp³-hybridized carbons (Fsp3) is 0.875. The number of nitrogens with one attached hydrogen (secondary N) is 1. The molecule has 7 N–H and O–H groups in total. The Labute approximate surface area is 427 Å². The van der Waals surface area contributed by atoms with E-state index in [1.807, 2.05) is 0 Å². The Kier molecular flexibility index (Phi) is 43.4. The number of carbonyl (C=O) groups is 1. The molecule has 0 spiro atoms. The van der Waals surface area contributed by atoms with E-state index in [0.29, 0.717) is 12.8 Å². The molecule has 14 heteroatoms. The SMILES string of the molecule is CCCCCCCCCCCCC/C=C/CC/C=C/CC/C=C/C(O)C(COC1OC(CO)C(O)C(OS(=O)(=O)O)C1O)NC(=O)C(O)CCCCCCCCCCCCCCCCCCCCCC. The minimum atomic E-state index is -5.13. The molecule has 8 unspecified atom stereocenters. The topological polar surface area (TPSA) is 212 Å². The van der Waals surface area contributed by atoms with Crippen molar-refractivity contribution in [3.8, 4) is 0 Å². The van der Waals surface area contributed by atoms with Gasteiger partial charge in [-0.2, -0.15) is 8.42 Å². The summed E-state index contributed by atoms with van der Waals surface area (Å²) in [6, 6.07) is -1.14. The highest BCUT2D eigenvalue weighted by Gasteiger charge is 2.48. The minimum absolute atomic E-state index is 0.237. The average molecular weight is 1020 g/mol. The molecule has 1 fully saturated rings. The summed E-state index contributed by atoms with van der Waals surface area (Å²) in [5.41, 5.74) is 0. The molecule has 1 saturated heterocycles. The smallest absolute Gasteiger partial charge is 0.394 e. The molecule has 13 nitrogen and oxygen atoms in total. The molecule has 0 bridgehead atoms. The number of hydrogen-bond acceptors (Lipinski definition) is 11. The van der Waals surface area contributed by atoms with Crippen molar-refractivity contribution < 1.29 is 57.0 Å². The number of amides is 1. The number of hydrogen-bond donors (Lipinski definition) is 7. The lowest BCUT2D eigenvalue weighted by molar-refractivity contribution is -0.298. The van der Waals surface area contributed by atoms with E-state index in [2.05, 4.69) is 47.7 Å². The first-order valence-corrected chi connectivity index (χ1v) is 29.8. The van der Waals surface area contributed by atoms with E-state index >= 15 is 0 Å². The summed E-state index contributed by atoms with van der Waals surface area (Å²) < 4.78 is 47.7. The predicted molar refractivity (Wildman–Crippen MR) is 284 cm³/mol. The van der Waals surface area contributed by atoms with Crippen molar-refractivity contribution in [3.63, 3.8) is 0 Å². The Morgan fingerprint density at radius 3 is 1.37 bits per heavy atom. The molecule has 70 heavy (non-hydrogen) atoms. The quantitative estimate of drug-likeness (QED) is 0.0172. The van der Waals surface area contributed by atoms with Gasteiger partial charge in [0.15, 0.2) is 6.29 Å². The van der Waals surface area contributed by atoms with E-state index in [0.717, 1.165) is 44.9 Å². The molecule has 412 valence electrons. The summed E-state index contributed by atoms with van der Waals surface area (Å²) in [4.78, 5) is 13.2. The highest BCUT2D eigenvalue weighted by molar-refractivity contribution is 7.80. The number of rotatable bonds is 49. The largest absolute Gasteiger partial charge is 0.397 e. The van der Waals surface area contributed by atoms with Crippen molar-refractivity contribution in [3.05, 3.63) is 36.5 Å². The molecular formula is C56H105NO12S. The summed E-state index contributed by atoms with van der Waals surface area (Å²) in [5.74, 6) is -0.712. The van der Waals surface area contributed by atoms with Crippen LogP contribution in [0.5, 0.6) is 0 Å². The number of carbonyl (C=O) groups excluding carboxylic acids is 1. The Balaban J connectivity index is 2.48. The second-order valence-electron chi connectivity index (χ2n) is 20.0. The maximum atomic E-state index is 13.2. The average Bonchev–Trinajstić information content (AvgIpc) is 3.33. The van der Waals surface area contributed by atoms with Crippen LogP contribution in [0.3, 0.4) is 0 Å². The van der Waals surface area contributed by atoms with Crippen LogP contribution in [0.4, 0.5) is 0 Å². The molecule has 1 aliphatic rings. The number of aliphatic hydroxyl groups excluding tert-OH is 5. The zero-order valence-corrected chi connectivity index (χ0v) is 45.0. The molecule has 0 aromatic carbocycles. The minimum Gasteiger partial charge on any atom is -0.394 e. The molecule has 0 saturated carbocycles. The van der Waals surface area contributed by atoms with Gasteiger partial charge in [-0.1, -0.05) is 243 Å². The van der Waals surface area contributed by atoms with Gasteiger partial charge >= 0.3 is 10.4 Å². The van der Waals surface area contributed by atoms with Crippen molar-refractivity contribution >= 4 is 16.3 Å². The van der Waals surface area contributed by atoms with E-state index in [9.17, 15) is 43.3 Å².